The topological polar surface area (TPSA) is 81.2 Å². The summed E-state index contributed by atoms with van der Waals surface area (Å²) in [6.07, 6.45) is 5.36. The molecule has 2 aromatic carbocycles. The number of fused-ring (bicyclic) bond motifs is 1. The Bertz CT molecular complexity index is 1110. The zero-order valence-electron chi connectivity index (χ0n) is 16.5. The number of rotatable bonds is 7. The number of ether oxygens (including phenoxy) is 1. The lowest BCUT2D eigenvalue weighted by Gasteiger charge is -2.12. The van der Waals surface area contributed by atoms with E-state index in [0.29, 0.717) is 29.3 Å². The molecule has 1 N–H and O–H groups in total. The van der Waals surface area contributed by atoms with Gasteiger partial charge in [0.2, 0.25) is 5.91 Å². The molecule has 0 fully saturated rings. The lowest BCUT2D eigenvalue weighted by Crippen LogP contribution is -2.34. The fraction of sp³-hybridized carbons (Fsp3) is 0.217. The number of Topliss-reactive ketones (excluding diaryl/α,β-unsaturated/α-hetero) is 1. The Hall–Kier alpha value is -3.32. The molecule has 3 aromatic rings. The molecular weight excluding hydrogens is 421 g/mol. The van der Waals surface area contributed by atoms with Gasteiger partial charge in [0.05, 0.1) is 11.6 Å². The number of amides is 1. The molecule has 1 aliphatic rings. The molecule has 1 unspecified atom stereocenters. The van der Waals surface area contributed by atoms with Crippen molar-refractivity contribution in [1.82, 2.24) is 15.3 Å². The fourth-order valence-electron chi connectivity index (χ4n) is 3.44. The molecule has 1 aliphatic heterocycles. The van der Waals surface area contributed by atoms with Crippen LogP contribution in [0.5, 0.6) is 5.75 Å². The Morgan fingerprint density at radius 2 is 1.84 bits per heavy atom. The van der Waals surface area contributed by atoms with Crippen LogP contribution in [0.15, 0.2) is 55.1 Å². The molecule has 0 saturated heterocycles. The summed E-state index contributed by atoms with van der Waals surface area (Å²) in [5.74, 6) is -0.240. The molecule has 6 nitrogen and oxygen atoms in total. The van der Waals surface area contributed by atoms with E-state index >= 15 is 0 Å². The second-order valence-corrected chi connectivity index (χ2v) is 7.66. The summed E-state index contributed by atoms with van der Waals surface area (Å²) >= 11 is 6.39. The number of hydrogen-bond acceptors (Lipinski definition) is 5. The largest absolute Gasteiger partial charge is 0.486 e. The maximum atomic E-state index is 12.9. The van der Waals surface area contributed by atoms with Gasteiger partial charge in [-0.25, -0.2) is 14.4 Å². The van der Waals surface area contributed by atoms with E-state index in [2.05, 4.69) is 15.3 Å². The summed E-state index contributed by atoms with van der Waals surface area (Å²) in [5.41, 5.74) is 3.10. The van der Waals surface area contributed by atoms with Crippen LogP contribution in [0.3, 0.4) is 0 Å². The zero-order chi connectivity index (χ0) is 21.8. The molecule has 0 radical (unpaired) electrons. The third-order valence-electron chi connectivity index (χ3n) is 5.02. The summed E-state index contributed by atoms with van der Waals surface area (Å²) in [6.45, 7) is 0.304. The Balaban J connectivity index is 1.29. The molecule has 158 valence electrons. The minimum absolute atomic E-state index is 0.0504. The molecule has 1 aromatic heterocycles. The van der Waals surface area contributed by atoms with Crippen molar-refractivity contribution in [2.75, 3.05) is 6.54 Å². The van der Waals surface area contributed by atoms with E-state index in [1.54, 1.807) is 18.5 Å². The highest BCUT2D eigenvalue weighted by molar-refractivity contribution is 6.32. The van der Waals surface area contributed by atoms with Gasteiger partial charge < -0.3 is 10.1 Å². The monoisotopic (exact) mass is 439 g/mol. The van der Waals surface area contributed by atoms with Crippen molar-refractivity contribution in [3.05, 3.63) is 77.1 Å². The molecular formula is C23H19ClFN3O3. The predicted octanol–water partition coefficient (Wildman–Crippen LogP) is 4.02. The number of aromatic nitrogens is 2. The van der Waals surface area contributed by atoms with E-state index < -0.39 is 5.82 Å². The first-order chi connectivity index (χ1) is 15.0. The van der Waals surface area contributed by atoms with E-state index in [0.717, 1.165) is 16.7 Å². The van der Waals surface area contributed by atoms with Gasteiger partial charge in [-0.3, -0.25) is 9.59 Å². The number of ketones is 1. The lowest BCUT2D eigenvalue weighted by atomic mass is 10.0. The van der Waals surface area contributed by atoms with E-state index in [4.69, 9.17) is 16.3 Å². The van der Waals surface area contributed by atoms with Crippen LogP contribution in [0.1, 0.15) is 28.8 Å². The Kier molecular flexibility index (Phi) is 6.23. The highest BCUT2D eigenvalue weighted by Gasteiger charge is 2.26. The molecule has 8 heteroatoms. The summed E-state index contributed by atoms with van der Waals surface area (Å²) in [4.78, 5) is 32.3. The fourth-order valence-corrected chi connectivity index (χ4v) is 3.72. The maximum Gasteiger partial charge on any atom is 0.220 e. The minimum Gasteiger partial charge on any atom is -0.486 e. The zero-order valence-corrected chi connectivity index (χ0v) is 17.2. The quantitative estimate of drug-likeness (QED) is 0.562. The number of carbonyl (C=O) groups excluding carboxylic acids is 2. The van der Waals surface area contributed by atoms with Gasteiger partial charge in [0.15, 0.2) is 5.78 Å². The smallest absolute Gasteiger partial charge is 0.220 e. The van der Waals surface area contributed by atoms with Crippen molar-refractivity contribution < 1.29 is 18.7 Å². The molecule has 0 aliphatic carbocycles. The molecule has 4 rings (SSSR count). The van der Waals surface area contributed by atoms with Gasteiger partial charge in [-0.1, -0.05) is 11.6 Å². The van der Waals surface area contributed by atoms with Crippen LogP contribution < -0.4 is 10.1 Å². The summed E-state index contributed by atoms with van der Waals surface area (Å²) in [7, 11) is 0. The van der Waals surface area contributed by atoms with Gasteiger partial charge in [0.25, 0.3) is 0 Å². The summed E-state index contributed by atoms with van der Waals surface area (Å²) in [5, 5.41) is 3.30. The van der Waals surface area contributed by atoms with Gasteiger partial charge in [-0.15, -0.1) is 0 Å². The summed E-state index contributed by atoms with van der Waals surface area (Å²) in [6, 6.07) is 9.08. The molecule has 0 spiro atoms. The van der Waals surface area contributed by atoms with Crippen LogP contribution in [0.25, 0.3) is 11.1 Å². The Morgan fingerprint density at radius 3 is 2.58 bits per heavy atom. The van der Waals surface area contributed by atoms with E-state index in [9.17, 15) is 14.0 Å². The van der Waals surface area contributed by atoms with Crippen LogP contribution in [0.4, 0.5) is 4.39 Å². The Labute approximate surface area is 183 Å². The van der Waals surface area contributed by atoms with Crippen LogP contribution in [0.2, 0.25) is 5.02 Å². The average Bonchev–Trinajstić information content (AvgIpc) is 3.21. The van der Waals surface area contributed by atoms with Gasteiger partial charge in [0.1, 0.15) is 24.0 Å². The van der Waals surface area contributed by atoms with Crippen molar-refractivity contribution in [3.8, 4) is 16.9 Å². The van der Waals surface area contributed by atoms with Gasteiger partial charge >= 0.3 is 0 Å². The molecule has 0 bridgehead atoms. The van der Waals surface area contributed by atoms with Crippen molar-refractivity contribution in [2.24, 2.45) is 0 Å². The SMILES string of the molecule is O=C(CCC(=O)c1ccc(F)cc1)NCC1Cc2cc(-c3cncnc3)cc(Cl)c2O1. The van der Waals surface area contributed by atoms with Crippen LogP contribution in [0, 0.1) is 5.82 Å². The molecule has 1 amide bonds. The maximum absolute atomic E-state index is 12.9. The van der Waals surface area contributed by atoms with Crippen LogP contribution >= 0.6 is 11.6 Å². The first-order valence-electron chi connectivity index (χ1n) is 9.79. The van der Waals surface area contributed by atoms with E-state index in [1.165, 1.54) is 30.6 Å². The number of nitrogens with zero attached hydrogens (tertiary/aromatic N) is 2. The first kappa shape index (κ1) is 20.9. The van der Waals surface area contributed by atoms with Gasteiger partial charge in [0, 0.05) is 48.3 Å². The van der Waals surface area contributed by atoms with Crippen molar-refractivity contribution in [1.29, 1.82) is 0 Å². The normalized spacial score (nSPS) is 14.6. The second kappa shape index (κ2) is 9.22. The highest BCUT2D eigenvalue weighted by atomic mass is 35.5. The molecule has 31 heavy (non-hydrogen) atoms. The number of nitrogens with one attached hydrogen (secondary N) is 1. The van der Waals surface area contributed by atoms with Crippen LogP contribution in [-0.2, 0) is 11.2 Å². The minimum atomic E-state index is -0.406. The lowest BCUT2D eigenvalue weighted by molar-refractivity contribution is -0.121. The van der Waals surface area contributed by atoms with Crippen molar-refractivity contribution in [2.45, 2.75) is 25.4 Å². The number of hydrogen-bond donors (Lipinski definition) is 1. The van der Waals surface area contributed by atoms with Gasteiger partial charge in [-0.2, -0.15) is 0 Å². The second-order valence-electron chi connectivity index (χ2n) is 7.25. The molecule has 0 saturated carbocycles. The van der Waals surface area contributed by atoms with Crippen LogP contribution in [-0.4, -0.2) is 34.3 Å². The first-order valence-corrected chi connectivity index (χ1v) is 10.2. The predicted molar refractivity (Wildman–Crippen MR) is 114 cm³/mol. The Morgan fingerprint density at radius 1 is 1.10 bits per heavy atom. The van der Waals surface area contributed by atoms with Crippen molar-refractivity contribution in [3.63, 3.8) is 0 Å². The average molecular weight is 440 g/mol. The standard InChI is InChI=1S/C23H19ClFN3O3/c24-20-9-15(17-10-26-13-27-11-17)7-16-8-19(31-23(16)20)12-28-22(30)6-5-21(29)14-1-3-18(25)4-2-14/h1-4,7,9-11,13,19H,5-6,8,12H2,(H,28,30). The molecule has 2 heterocycles. The number of halogens is 2. The highest BCUT2D eigenvalue weighted by Crippen LogP contribution is 2.39. The number of carbonyl (C=O) groups is 2. The summed E-state index contributed by atoms with van der Waals surface area (Å²) < 4.78 is 18.8. The number of benzene rings is 2. The van der Waals surface area contributed by atoms with Crippen molar-refractivity contribution >= 4 is 23.3 Å². The third-order valence-corrected chi connectivity index (χ3v) is 5.30. The van der Waals surface area contributed by atoms with E-state index in [-0.39, 0.29) is 30.6 Å². The third kappa shape index (κ3) is 5.06. The van der Waals surface area contributed by atoms with Gasteiger partial charge in [-0.05, 0) is 42.0 Å². The van der Waals surface area contributed by atoms with E-state index in [1.807, 2.05) is 6.07 Å². The molecule has 1 atom stereocenters.